The molecule has 2 heterocycles. The van der Waals surface area contributed by atoms with Gasteiger partial charge in [0.25, 0.3) is 5.69 Å². The number of hydrogen-bond donors (Lipinski definition) is 2. The molecule has 11 nitrogen and oxygen atoms in total. The number of nitro groups is 1. The molecule has 0 bridgehead atoms. The number of aliphatic carboxylic acids is 2. The summed E-state index contributed by atoms with van der Waals surface area (Å²) in [6, 6.07) is 6.87. The third-order valence-corrected chi connectivity index (χ3v) is 5.29. The van der Waals surface area contributed by atoms with Crippen molar-refractivity contribution < 1.29 is 29.5 Å². The van der Waals surface area contributed by atoms with Crippen molar-refractivity contribution in [1.29, 1.82) is 0 Å². The number of likely N-dealkylation sites (tertiary alicyclic amines) is 1. The molecule has 170 valence electrons. The summed E-state index contributed by atoms with van der Waals surface area (Å²) in [5, 5.41) is 26.0. The number of carboxylic acids is 2. The number of rotatable bonds is 4. The molecule has 0 radical (unpaired) electrons. The summed E-state index contributed by atoms with van der Waals surface area (Å²) in [6.07, 6.45) is 4.66. The fourth-order valence-corrected chi connectivity index (χ4v) is 3.64. The Morgan fingerprint density at radius 3 is 1.94 bits per heavy atom. The Bertz CT molecular complexity index is 773. The Kier molecular flexibility index (Phi) is 9.19. The van der Waals surface area contributed by atoms with Crippen molar-refractivity contribution in [3.8, 4) is 0 Å². The average molecular weight is 436 g/mol. The van der Waals surface area contributed by atoms with E-state index in [0.717, 1.165) is 39.0 Å². The number of benzene rings is 1. The van der Waals surface area contributed by atoms with Crippen molar-refractivity contribution in [1.82, 2.24) is 9.80 Å². The molecule has 1 aromatic rings. The van der Waals surface area contributed by atoms with Crippen molar-refractivity contribution in [2.24, 2.45) is 0 Å². The highest BCUT2D eigenvalue weighted by Gasteiger charge is 2.25. The SMILES string of the molecule is O=C(CN1CCN(c2ccccc2[N+](=O)[O-])CC1)N1CCCCCC1.O=C(O)C(=O)O. The van der Waals surface area contributed by atoms with Gasteiger partial charge in [-0.3, -0.25) is 19.8 Å². The van der Waals surface area contributed by atoms with Crippen LogP contribution in [-0.2, 0) is 14.4 Å². The molecule has 0 unspecified atom stereocenters. The third-order valence-electron chi connectivity index (χ3n) is 5.29. The number of carboxylic acid groups (broad SMARTS) is 2. The first kappa shape index (κ1) is 24.1. The second kappa shape index (κ2) is 11.8. The van der Waals surface area contributed by atoms with Gasteiger partial charge in [-0.15, -0.1) is 0 Å². The van der Waals surface area contributed by atoms with Crippen LogP contribution >= 0.6 is 0 Å². The largest absolute Gasteiger partial charge is 0.473 e. The van der Waals surface area contributed by atoms with Gasteiger partial charge in [-0.25, -0.2) is 9.59 Å². The highest BCUT2D eigenvalue weighted by atomic mass is 16.6. The lowest BCUT2D eigenvalue weighted by Gasteiger charge is -2.36. The van der Waals surface area contributed by atoms with E-state index in [1.165, 1.54) is 12.8 Å². The predicted molar refractivity (Wildman–Crippen MR) is 112 cm³/mol. The fourth-order valence-electron chi connectivity index (χ4n) is 3.64. The average Bonchev–Trinajstić information content (AvgIpc) is 3.04. The van der Waals surface area contributed by atoms with Gasteiger partial charge in [-0.2, -0.15) is 0 Å². The summed E-state index contributed by atoms with van der Waals surface area (Å²) in [5.74, 6) is -3.42. The molecule has 1 amide bonds. The molecule has 11 heteroatoms. The zero-order valence-corrected chi connectivity index (χ0v) is 17.3. The van der Waals surface area contributed by atoms with Gasteiger partial charge in [0, 0.05) is 45.3 Å². The minimum absolute atomic E-state index is 0.150. The lowest BCUT2D eigenvalue weighted by atomic mass is 10.2. The molecule has 1 aromatic carbocycles. The topological polar surface area (TPSA) is 145 Å². The van der Waals surface area contributed by atoms with E-state index >= 15 is 0 Å². The van der Waals surface area contributed by atoms with Crippen LogP contribution in [0.5, 0.6) is 0 Å². The Balaban J connectivity index is 0.000000501. The van der Waals surface area contributed by atoms with E-state index in [4.69, 9.17) is 19.8 Å². The minimum Gasteiger partial charge on any atom is -0.473 e. The number of hydrogen-bond acceptors (Lipinski definition) is 7. The van der Waals surface area contributed by atoms with Crippen molar-refractivity contribution in [2.45, 2.75) is 25.7 Å². The maximum Gasteiger partial charge on any atom is 0.414 e. The second-order valence-corrected chi connectivity index (χ2v) is 7.41. The van der Waals surface area contributed by atoms with Crippen LogP contribution in [0.3, 0.4) is 0 Å². The van der Waals surface area contributed by atoms with Crippen molar-refractivity contribution in [2.75, 3.05) is 50.7 Å². The van der Waals surface area contributed by atoms with Crippen molar-refractivity contribution in [3.05, 3.63) is 34.4 Å². The highest BCUT2D eigenvalue weighted by Crippen LogP contribution is 2.28. The molecule has 0 spiro atoms. The van der Waals surface area contributed by atoms with E-state index in [1.807, 2.05) is 15.9 Å². The maximum atomic E-state index is 12.5. The van der Waals surface area contributed by atoms with Gasteiger partial charge in [-0.05, 0) is 18.9 Å². The van der Waals surface area contributed by atoms with E-state index in [2.05, 4.69) is 4.90 Å². The number of nitro benzene ring substituents is 1. The molecule has 31 heavy (non-hydrogen) atoms. The van der Waals surface area contributed by atoms with Gasteiger partial charge in [0.15, 0.2) is 0 Å². The number of amides is 1. The highest BCUT2D eigenvalue weighted by molar-refractivity contribution is 6.27. The Morgan fingerprint density at radius 2 is 1.42 bits per heavy atom. The van der Waals surface area contributed by atoms with E-state index in [-0.39, 0.29) is 16.5 Å². The quantitative estimate of drug-likeness (QED) is 0.405. The molecular formula is C20H28N4O7. The summed E-state index contributed by atoms with van der Waals surface area (Å²) in [6.45, 7) is 5.16. The predicted octanol–water partition coefficient (Wildman–Crippen LogP) is 1.27. The van der Waals surface area contributed by atoms with Crippen LogP contribution < -0.4 is 4.90 Å². The van der Waals surface area contributed by atoms with Gasteiger partial charge < -0.3 is 20.0 Å². The molecule has 2 N–H and O–H groups in total. The van der Waals surface area contributed by atoms with Gasteiger partial charge in [0.2, 0.25) is 5.91 Å². The first-order valence-corrected chi connectivity index (χ1v) is 10.2. The maximum absolute atomic E-state index is 12.5. The number of carbonyl (C=O) groups is 3. The zero-order valence-electron chi connectivity index (χ0n) is 17.3. The molecule has 2 saturated heterocycles. The Hall–Kier alpha value is -3.21. The molecular weight excluding hydrogens is 408 g/mol. The summed E-state index contributed by atoms with van der Waals surface area (Å²) in [5.41, 5.74) is 0.822. The van der Waals surface area contributed by atoms with Gasteiger partial charge in [-0.1, -0.05) is 25.0 Å². The lowest BCUT2D eigenvalue weighted by molar-refractivity contribution is -0.384. The van der Waals surface area contributed by atoms with Crippen LogP contribution in [0.4, 0.5) is 11.4 Å². The van der Waals surface area contributed by atoms with Gasteiger partial charge in [0.1, 0.15) is 5.69 Å². The van der Waals surface area contributed by atoms with Crippen molar-refractivity contribution in [3.63, 3.8) is 0 Å². The molecule has 0 aliphatic carbocycles. The molecule has 0 atom stereocenters. The molecule has 0 aromatic heterocycles. The minimum atomic E-state index is -1.82. The first-order valence-electron chi connectivity index (χ1n) is 10.2. The summed E-state index contributed by atoms with van der Waals surface area (Å²) >= 11 is 0. The number of piperazine rings is 1. The third kappa shape index (κ3) is 7.52. The number of anilines is 1. The van der Waals surface area contributed by atoms with Crippen LogP contribution in [0.25, 0.3) is 0 Å². The molecule has 3 rings (SSSR count). The van der Waals surface area contributed by atoms with E-state index < -0.39 is 11.9 Å². The van der Waals surface area contributed by atoms with Crippen LogP contribution in [-0.4, -0.2) is 88.6 Å². The van der Waals surface area contributed by atoms with E-state index in [1.54, 1.807) is 18.2 Å². The molecule has 0 saturated carbocycles. The van der Waals surface area contributed by atoms with Crippen LogP contribution in [0.15, 0.2) is 24.3 Å². The summed E-state index contributed by atoms with van der Waals surface area (Å²) in [4.78, 5) is 47.8. The van der Waals surface area contributed by atoms with Crippen LogP contribution in [0, 0.1) is 10.1 Å². The lowest BCUT2D eigenvalue weighted by Crippen LogP contribution is -2.50. The number of para-hydroxylation sites is 2. The summed E-state index contributed by atoms with van der Waals surface area (Å²) in [7, 11) is 0. The van der Waals surface area contributed by atoms with Gasteiger partial charge >= 0.3 is 11.9 Å². The fraction of sp³-hybridized carbons (Fsp3) is 0.550. The normalized spacial score (nSPS) is 17.2. The standard InChI is InChI=1S/C18H26N4O3.C2H2O4/c23-18(21-9-5-1-2-6-10-21)15-19-11-13-20(14-12-19)16-7-3-4-8-17(16)22(24)25;3-1(4)2(5)6/h3-4,7-8H,1-2,5-6,9-15H2;(H,3,4)(H,5,6). The van der Waals surface area contributed by atoms with E-state index in [0.29, 0.717) is 25.3 Å². The number of carbonyl (C=O) groups excluding carboxylic acids is 1. The molecule has 2 fully saturated rings. The van der Waals surface area contributed by atoms with E-state index in [9.17, 15) is 14.9 Å². The first-order chi connectivity index (χ1) is 14.8. The molecule has 2 aliphatic heterocycles. The van der Waals surface area contributed by atoms with Crippen molar-refractivity contribution >= 4 is 29.2 Å². The van der Waals surface area contributed by atoms with Crippen LogP contribution in [0.2, 0.25) is 0 Å². The Morgan fingerprint density at radius 1 is 0.871 bits per heavy atom. The Labute approximate surface area is 180 Å². The van der Waals surface area contributed by atoms with Gasteiger partial charge in [0.05, 0.1) is 11.5 Å². The smallest absolute Gasteiger partial charge is 0.414 e. The van der Waals surface area contributed by atoms with Crippen LogP contribution in [0.1, 0.15) is 25.7 Å². The summed E-state index contributed by atoms with van der Waals surface area (Å²) < 4.78 is 0. The monoisotopic (exact) mass is 436 g/mol. The number of nitrogens with zero attached hydrogens (tertiary/aromatic N) is 4. The second-order valence-electron chi connectivity index (χ2n) is 7.41. The molecule has 2 aliphatic rings. The zero-order chi connectivity index (χ0) is 22.8.